The van der Waals surface area contributed by atoms with Gasteiger partial charge in [0, 0.05) is 44.1 Å². The number of nitrogens with zero attached hydrogens (tertiary/aromatic N) is 3. The zero-order chi connectivity index (χ0) is 19.1. The van der Waals surface area contributed by atoms with Crippen LogP contribution in [0.4, 0.5) is 0 Å². The molecule has 2 amide bonds. The van der Waals surface area contributed by atoms with Crippen molar-refractivity contribution < 1.29 is 19.1 Å². The van der Waals surface area contributed by atoms with Gasteiger partial charge in [-0.15, -0.1) is 0 Å². The number of hydrogen-bond acceptors (Lipinski definition) is 5. The summed E-state index contributed by atoms with van der Waals surface area (Å²) in [6.07, 6.45) is 3.20. The van der Waals surface area contributed by atoms with E-state index in [1.807, 2.05) is 25.1 Å². The van der Waals surface area contributed by atoms with Gasteiger partial charge >= 0.3 is 0 Å². The monoisotopic (exact) mass is 369 g/mol. The zero-order valence-electron chi connectivity index (χ0n) is 15.3. The van der Waals surface area contributed by atoms with Gasteiger partial charge in [0.15, 0.2) is 18.1 Å². The van der Waals surface area contributed by atoms with E-state index in [1.54, 1.807) is 40.4 Å². The third-order valence-corrected chi connectivity index (χ3v) is 4.35. The number of piperazine rings is 1. The maximum absolute atomic E-state index is 12.4. The highest BCUT2D eigenvalue weighted by Crippen LogP contribution is 2.26. The number of carbonyl (C=O) groups excluding carboxylic acids is 2. The predicted octanol–water partition coefficient (Wildman–Crippen LogP) is 1.84. The van der Waals surface area contributed by atoms with Gasteiger partial charge in [-0.1, -0.05) is 12.1 Å². The Bertz CT molecular complexity index is 774. The second-order valence-electron chi connectivity index (χ2n) is 6.08. The summed E-state index contributed by atoms with van der Waals surface area (Å²) >= 11 is 0. The summed E-state index contributed by atoms with van der Waals surface area (Å²) in [7, 11) is 0. The second-order valence-corrected chi connectivity index (χ2v) is 6.08. The van der Waals surface area contributed by atoms with E-state index in [-0.39, 0.29) is 18.4 Å². The molecule has 0 spiro atoms. The fourth-order valence-corrected chi connectivity index (χ4v) is 2.91. The number of carbonyl (C=O) groups is 2. The standard InChI is InChI=1S/C20H23N3O4/c1-2-26-17-5-3-4-6-18(17)27-15-19(24)22-11-13-23(14-12-22)20(25)16-7-9-21-10-8-16/h3-10H,2,11-15H2,1H3. The number of para-hydroxylation sites is 2. The molecule has 2 heterocycles. The van der Waals surface area contributed by atoms with E-state index >= 15 is 0 Å². The fraction of sp³-hybridized carbons (Fsp3) is 0.350. The van der Waals surface area contributed by atoms with Crippen LogP contribution in [-0.4, -0.2) is 66.0 Å². The molecule has 27 heavy (non-hydrogen) atoms. The number of ether oxygens (including phenoxy) is 2. The molecule has 0 unspecified atom stereocenters. The molecule has 7 nitrogen and oxygen atoms in total. The van der Waals surface area contributed by atoms with Crippen molar-refractivity contribution in [2.45, 2.75) is 6.92 Å². The van der Waals surface area contributed by atoms with E-state index in [0.29, 0.717) is 49.8 Å². The van der Waals surface area contributed by atoms with Crippen LogP contribution < -0.4 is 9.47 Å². The minimum Gasteiger partial charge on any atom is -0.490 e. The fourth-order valence-electron chi connectivity index (χ4n) is 2.91. The number of hydrogen-bond donors (Lipinski definition) is 0. The quantitative estimate of drug-likeness (QED) is 0.777. The lowest BCUT2D eigenvalue weighted by Gasteiger charge is -2.34. The van der Waals surface area contributed by atoms with Gasteiger partial charge in [-0.3, -0.25) is 14.6 Å². The minimum absolute atomic E-state index is 0.0357. The Morgan fingerprint density at radius 2 is 1.52 bits per heavy atom. The summed E-state index contributed by atoms with van der Waals surface area (Å²) in [5, 5.41) is 0. The van der Waals surface area contributed by atoms with Gasteiger partial charge in [0.1, 0.15) is 0 Å². The highest BCUT2D eigenvalue weighted by atomic mass is 16.5. The highest BCUT2D eigenvalue weighted by molar-refractivity contribution is 5.94. The molecule has 0 atom stereocenters. The lowest BCUT2D eigenvalue weighted by Crippen LogP contribution is -2.51. The summed E-state index contributed by atoms with van der Waals surface area (Å²) in [5.41, 5.74) is 0.612. The summed E-state index contributed by atoms with van der Waals surface area (Å²) < 4.78 is 11.1. The molecule has 2 aromatic rings. The van der Waals surface area contributed by atoms with Crippen LogP contribution in [0.25, 0.3) is 0 Å². The van der Waals surface area contributed by atoms with Crippen molar-refractivity contribution in [2.75, 3.05) is 39.4 Å². The Morgan fingerprint density at radius 1 is 0.926 bits per heavy atom. The van der Waals surface area contributed by atoms with Crippen molar-refractivity contribution in [1.82, 2.24) is 14.8 Å². The Labute approximate surface area is 158 Å². The highest BCUT2D eigenvalue weighted by Gasteiger charge is 2.25. The van der Waals surface area contributed by atoms with Gasteiger partial charge in [-0.05, 0) is 31.2 Å². The van der Waals surface area contributed by atoms with Crippen LogP contribution >= 0.6 is 0 Å². The molecule has 1 fully saturated rings. The zero-order valence-corrected chi connectivity index (χ0v) is 15.3. The Hall–Kier alpha value is -3.09. The summed E-state index contributed by atoms with van der Waals surface area (Å²) in [6, 6.07) is 10.7. The average Bonchev–Trinajstić information content (AvgIpc) is 2.73. The van der Waals surface area contributed by atoms with Gasteiger partial charge in [-0.25, -0.2) is 0 Å². The normalized spacial score (nSPS) is 14.0. The molecule has 142 valence electrons. The third-order valence-electron chi connectivity index (χ3n) is 4.35. The first-order valence-corrected chi connectivity index (χ1v) is 9.00. The molecule has 1 aliphatic heterocycles. The molecule has 0 aliphatic carbocycles. The summed E-state index contributed by atoms with van der Waals surface area (Å²) in [5.74, 6) is 1.04. The van der Waals surface area contributed by atoms with Gasteiger partial charge in [0.25, 0.3) is 11.8 Å². The smallest absolute Gasteiger partial charge is 0.260 e. The number of pyridine rings is 1. The van der Waals surface area contributed by atoms with Crippen LogP contribution in [0.3, 0.4) is 0 Å². The molecule has 7 heteroatoms. The van der Waals surface area contributed by atoms with E-state index in [9.17, 15) is 9.59 Å². The van der Waals surface area contributed by atoms with Crippen molar-refractivity contribution >= 4 is 11.8 Å². The first kappa shape index (κ1) is 18.7. The van der Waals surface area contributed by atoms with Crippen LogP contribution in [0, 0.1) is 0 Å². The average molecular weight is 369 g/mol. The molecule has 0 N–H and O–H groups in total. The lowest BCUT2D eigenvalue weighted by molar-refractivity contribution is -0.134. The van der Waals surface area contributed by atoms with Crippen LogP contribution in [0.5, 0.6) is 11.5 Å². The first-order valence-electron chi connectivity index (χ1n) is 9.00. The van der Waals surface area contributed by atoms with Crippen molar-refractivity contribution in [3.8, 4) is 11.5 Å². The third kappa shape index (κ3) is 4.75. The largest absolute Gasteiger partial charge is 0.490 e. The maximum Gasteiger partial charge on any atom is 0.260 e. The Kier molecular flexibility index (Phi) is 6.25. The van der Waals surface area contributed by atoms with Gasteiger partial charge < -0.3 is 19.3 Å². The van der Waals surface area contributed by atoms with E-state index < -0.39 is 0 Å². The molecule has 3 rings (SSSR count). The lowest BCUT2D eigenvalue weighted by atomic mass is 10.2. The van der Waals surface area contributed by atoms with Crippen LogP contribution in [0.1, 0.15) is 17.3 Å². The second kappa shape index (κ2) is 9.02. The van der Waals surface area contributed by atoms with Crippen molar-refractivity contribution in [3.05, 3.63) is 54.4 Å². The number of rotatable bonds is 6. The molecule has 1 aromatic heterocycles. The molecule has 0 radical (unpaired) electrons. The minimum atomic E-state index is -0.0997. The van der Waals surface area contributed by atoms with E-state index in [4.69, 9.17) is 9.47 Å². The topological polar surface area (TPSA) is 72.0 Å². The first-order chi connectivity index (χ1) is 13.2. The van der Waals surface area contributed by atoms with E-state index in [1.165, 1.54) is 0 Å². The number of benzene rings is 1. The molecule has 1 aromatic carbocycles. The Balaban J connectivity index is 1.50. The van der Waals surface area contributed by atoms with Gasteiger partial charge in [0.2, 0.25) is 0 Å². The van der Waals surface area contributed by atoms with Crippen LogP contribution in [0.2, 0.25) is 0 Å². The SMILES string of the molecule is CCOc1ccccc1OCC(=O)N1CCN(C(=O)c2ccncc2)CC1. The van der Waals surface area contributed by atoms with Gasteiger partial charge in [-0.2, -0.15) is 0 Å². The van der Waals surface area contributed by atoms with Crippen molar-refractivity contribution in [1.29, 1.82) is 0 Å². The van der Waals surface area contributed by atoms with Crippen LogP contribution in [0.15, 0.2) is 48.8 Å². The van der Waals surface area contributed by atoms with E-state index in [2.05, 4.69) is 4.98 Å². The number of amides is 2. The van der Waals surface area contributed by atoms with Crippen molar-refractivity contribution in [3.63, 3.8) is 0 Å². The molecule has 0 saturated carbocycles. The molecule has 1 aliphatic rings. The molecular weight excluding hydrogens is 346 g/mol. The van der Waals surface area contributed by atoms with E-state index in [0.717, 1.165) is 0 Å². The maximum atomic E-state index is 12.4. The van der Waals surface area contributed by atoms with Crippen LogP contribution in [-0.2, 0) is 4.79 Å². The summed E-state index contributed by atoms with van der Waals surface area (Å²) in [4.78, 5) is 32.3. The molecule has 0 bridgehead atoms. The number of aromatic nitrogens is 1. The van der Waals surface area contributed by atoms with Crippen molar-refractivity contribution in [2.24, 2.45) is 0 Å². The molecule has 1 saturated heterocycles. The molecular formula is C20H23N3O4. The summed E-state index contributed by atoms with van der Waals surface area (Å²) in [6.45, 7) is 4.36. The van der Waals surface area contributed by atoms with Gasteiger partial charge in [0.05, 0.1) is 6.61 Å². The predicted molar refractivity (Wildman–Crippen MR) is 99.8 cm³/mol. The Morgan fingerprint density at radius 3 is 2.15 bits per heavy atom.